The molecule has 2 aliphatic heterocycles. The van der Waals surface area contributed by atoms with Crippen LogP contribution in [0.15, 0.2) is 72.3 Å². The van der Waals surface area contributed by atoms with Gasteiger partial charge < -0.3 is 14.6 Å². The monoisotopic (exact) mass is 498 g/mol. The van der Waals surface area contributed by atoms with E-state index in [4.69, 9.17) is 9.47 Å². The number of fused-ring (bicyclic) bond motifs is 2. The molecule has 3 heterocycles. The average Bonchev–Trinajstić information content (AvgIpc) is 3.55. The van der Waals surface area contributed by atoms with E-state index in [1.807, 2.05) is 55.5 Å². The molecule has 1 fully saturated rings. The molecule has 2 atom stereocenters. The summed E-state index contributed by atoms with van der Waals surface area (Å²) >= 11 is 1.30. The molecule has 3 aromatic carbocycles. The number of carbonyl (C=O) groups excluding carboxylic acids is 2. The summed E-state index contributed by atoms with van der Waals surface area (Å²) in [6.45, 7) is 1.98. The predicted molar refractivity (Wildman–Crippen MR) is 138 cm³/mol. The first-order chi connectivity index (χ1) is 17.4. The number of Topliss-reactive ketones (excluding diaryl/α,β-unsaturated/α-hetero) is 1. The topological polar surface area (TPSA) is 89.0 Å². The Balaban J connectivity index is 1.52. The summed E-state index contributed by atoms with van der Waals surface area (Å²) in [4.78, 5) is 32.9. The van der Waals surface area contributed by atoms with E-state index in [-0.39, 0.29) is 17.4 Å². The van der Waals surface area contributed by atoms with Gasteiger partial charge in [0.15, 0.2) is 5.13 Å². The molecule has 1 aromatic heterocycles. The molecule has 0 saturated carbocycles. The van der Waals surface area contributed by atoms with Crippen molar-refractivity contribution in [3.8, 4) is 11.5 Å². The highest BCUT2D eigenvalue weighted by Gasteiger charge is 2.48. The zero-order chi connectivity index (χ0) is 25.0. The normalized spacial score (nSPS) is 20.6. The molecule has 7 nitrogen and oxygen atoms in total. The fraction of sp³-hybridized carbons (Fsp3) is 0.179. The molecule has 2 unspecified atom stereocenters. The lowest BCUT2D eigenvalue weighted by atomic mass is 9.94. The maximum absolute atomic E-state index is 13.4. The van der Waals surface area contributed by atoms with Crippen LogP contribution in [0.1, 0.15) is 29.7 Å². The summed E-state index contributed by atoms with van der Waals surface area (Å²) in [5, 5.41) is 11.8. The lowest BCUT2D eigenvalue weighted by Gasteiger charge is -2.23. The molecule has 1 amide bonds. The van der Waals surface area contributed by atoms with Crippen LogP contribution in [0.5, 0.6) is 11.5 Å². The number of aliphatic hydroxyl groups excluding tert-OH is 1. The number of ether oxygens (including phenoxy) is 2. The highest BCUT2D eigenvalue weighted by atomic mass is 32.1. The van der Waals surface area contributed by atoms with Gasteiger partial charge in [-0.2, -0.15) is 0 Å². The van der Waals surface area contributed by atoms with Crippen LogP contribution >= 0.6 is 11.3 Å². The highest BCUT2D eigenvalue weighted by Crippen LogP contribution is 2.45. The third kappa shape index (κ3) is 3.53. The van der Waals surface area contributed by atoms with Gasteiger partial charge >= 0.3 is 5.91 Å². The van der Waals surface area contributed by atoms with E-state index in [9.17, 15) is 14.7 Å². The lowest BCUT2D eigenvalue weighted by molar-refractivity contribution is -0.132. The van der Waals surface area contributed by atoms with Gasteiger partial charge in [0.2, 0.25) is 0 Å². The molecule has 6 rings (SSSR count). The molecule has 36 heavy (non-hydrogen) atoms. The van der Waals surface area contributed by atoms with E-state index in [0.29, 0.717) is 33.9 Å². The smallest absolute Gasteiger partial charge is 0.301 e. The summed E-state index contributed by atoms with van der Waals surface area (Å²) in [7, 11) is 1.59. The van der Waals surface area contributed by atoms with Crippen molar-refractivity contribution in [2.24, 2.45) is 0 Å². The summed E-state index contributed by atoms with van der Waals surface area (Å²) in [5.74, 6) is -0.244. The van der Waals surface area contributed by atoms with Crippen molar-refractivity contribution in [3.63, 3.8) is 0 Å². The van der Waals surface area contributed by atoms with Crippen molar-refractivity contribution in [2.75, 3.05) is 12.0 Å². The molecular weight excluding hydrogens is 476 g/mol. The molecule has 2 aliphatic rings. The van der Waals surface area contributed by atoms with Gasteiger partial charge in [0.25, 0.3) is 5.78 Å². The SMILES string of the molecule is COc1ccc2nc(N3C(=O)C(=O)C(=C(O)c4ccc5c(c4)CC(C)O5)C3c3ccccc3)sc2c1. The number of thiazole rings is 1. The minimum absolute atomic E-state index is 0.0370. The maximum atomic E-state index is 13.4. The standard InChI is InChI=1S/C28H22N2O5S/c1-15-12-18-13-17(8-11-21(18)35-15)25(31)23-24(16-6-4-3-5-7-16)30(27(33)26(23)32)28-29-20-10-9-19(34-2)14-22(20)36-28/h3-11,13-15,24,31H,12H2,1-2H3. The number of methoxy groups -OCH3 is 1. The molecule has 1 saturated heterocycles. The summed E-state index contributed by atoms with van der Waals surface area (Å²) in [6, 6.07) is 19.2. The number of hydrogen-bond acceptors (Lipinski definition) is 7. The fourth-order valence-electron chi connectivity index (χ4n) is 4.83. The molecule has 180 valence electrons. The van der Waals surface area contributed by atoms with Crippen molar-refractivity contribution in [1.29, 1.82) is 0 Å². The first kappa shape index (κ1) is 22.3. The van der Waals surface area contributed by atoms with Gasteiger partial charge in [-0.15, -0.1) is 0 Å². The molecule has 0 bridgehead atoms. The number of hydrogen-bond donors (Lipinski definition) is 1. The largest absolute Gasteiger partial charge is 0.507 e. The molecule has 0 spiro atoms. The number of carbonyl (C=O) groups is 2. The predicted octanol–water partition coefficient (Wildman–Crippen LogP) is 5.25. The van der Waals surface area contributed by atoms with Crippen LogP contribution in [0.4, 0.5) is 5.13 Å². The van der Waals surface area contributed by atoms with Crippen molar-refractivity contribution >= 4 is 44.1 Å². The van der Waals surface area contributed by atoms with Gasteiger partial charge in [0.05, 0.1) is 28.9 Å². The molecule has 0 radical (unpaired) electrons. The zero-order valence-electron chi connectivity index (χ0n) is 19.6. The Bertz CT molecular complexity index is 1560. The average molecular weight is 499 g/mol. The number of benzene rings is 3. The second kappa shape index (κ2) is 8.49. The minimum Gasteiger partial charge on any atom is -0.507 e. The van der Waals surface area contributed by atoms with Gasteiger partial charge in [-0.05, 0) is 54.4 Å². The number of ketones is 1. The van der Waals surface area contributed by atoms with E-state index < -0.39 is 17.7 Å². The second-order valence-electron chi connectivity index (χ2n) is 8.86. The fourth-order valence-corrected chi connectivity index (χ4v) is 5.85. The van der Waals surface area contributed by atoms with Gasteiger partial charge in [0.1, 0.15) is 23.4 Å². The van der Waals surface area contributed by atoms with Crippen molar-refractivity contribution in [1.82, 2.24) is 4.98 Å². The van der Waals surface area contributed by atoms with E-state index in [2.05, 4.69) is 4.98 Å². The number of amides is 1. The number of anilines is 1. The Labute approximate surface area is 211 Å². The van der Waals surface area contributed by atoms with Gasteiger partial charge in [-0.1, -0.05) is 41.7 Å². The first-order valence-electron chi connectivity index (χ1n) is 11.5. The number of aromatic nitrogens is 1. The van der Waals surface area contributed by atoms with Crippen LogP contribution < -0.4 is 14.4 Å². The van der Waals surface area contributed by atoms with Crippen molar-refractivity contribution in [2.45, 2.75) is 25.5 Å². The zero-order valence-corrected chi connectivity index (χ0v) is 20.4. The maximum Gasteiger partial charge on any atom is 0.301 e. The van der Waals surface area contributed by atoms with Gasteiger partial charge in [-0.25, -0.2) is 4.98 Å². The molecule has 8 heteroatoms. The summed E-state index contributed by atoms with van der Waals surface area (Å²) in [5.41, 5.74) is 2.86. The van der Waals surface area contributed by atoms with E-state index in [1.54, 1.807) is 25.3 Å². The third-order valence-electron chi connectivity index (χ3n) is 6.52. The van der Waals surface area contributed by atoms with E-state index >= 15 is 0 Å². The first-order valence-corrected chi connectivity index (χ1v) is 12.4. The third-order valence-corrected chi connectivity index (χ3v) is 7.54. The Kier molecular flexibility index (Phi) is 5.26. The number of nitrogens with zero attached hydrogens (tertiary/aromatic N) is 2. The van der Waals surface area contributed by atoms with E-state index in [0.717, 1.165) is 16.0 Å². The second-order valence-corrected chi connectivity index (χ2v) is 9.87. The molecule has 4 aromatic rings. The molecular formula is C28H22N2O5S. The number of rotatable bonds is 4. The Morgan fingerprint density at radius 3 is 2.69 bits per heavy atom. The minimum atomic E-state index is -0.822. The molecule has 1 N–H and O–H groups in total. The quantitative estimate of drug-likeness (QED) is 0.235. The Morgan fingerprint density at radius 2 is 1.92 bits per heavy atom. The van der Waals surface area contributed by atoms with Crippen molar-refractivity contribution < 1.29 is 24.2 Å². The van der Waals surface area contributed by atoms with Crippen LogP contribution in [0, 0.1) is 0 Å². The van der Waals surface area contributed by atoms with Crippen LogP contribution in [-0.2, 0) is 16.0 Å². The highest BCUT2D eigenvalue weighted by molar-refractivity contribution is 7.22. The van der Waals surface area contributed by atoms with Crippen molar-refractivity contribution in [3.05, 3.63) is 89.0 Å². The van der Waals surface area contributed by atoms with Crippen LogP contribution in [-0.4, -0.2) is 35.0 Å². The van der Waals surface area contributed by atoms with Crippen LogP contribution in [0.2, 0.25) is 0 Å². The Morgan fingerprint density at radius 1 is 1.11 bits per heavy atom. The van der Waals surface area contributed by atoms with Gasteiger partial charge in [0, 0.05) is 12.0 Å². The van der Waals surface area contributed by atoms with Crippen LogP contribution in [0.25, 0.3) is 16.0 Å². The van der Waals surface area contributed by atoms with E-state index in [1.165, 1.54) is 16.2 Å². The van der Waals surface area contributed by atoms with Crippen LogP contribution in [0.3, 0.4) is 0 Å². The number of aliphatic hydroxyl groups is 1. The summed E-state index contributed by atoms with van der Waals surface area (Å²) in [6.07, 6.45) is 0.757. The lowest BCUT2D eigenvalue weighted by Crippen LogP contribution is -2.29. The van der Waals surface area contributed by atoms with Gasteiger partial charge in [-0.3, -0.25) is 14.5 Å². The Hall–Kier alpha value is -4.17. The molecule has 0 aliphatic carbocycles. The summed E-state index contributed by atoms with van der Waals surface area (Å²) < 4.78 is 11.9.